The van der Waals surface area contributed by atoms with E-state index >= 15 is 0 Å². The number of nitrogens with one attached hydrogen (secondary N) is 1. The van der Waals surface area contributed by atoms with Gasteiger partial charge in [0.2, 0.25) is 0 Å². The largest absolute Gasteiger partial charge is 0.351 e. The molecule has 0 atom stereocenters. The summed E-state index contributed by atoms with van der Waals surface area (Å²) in [5, 5.41) is 10.9. The molecular formula is C13H20ClN3O. The Kier molecular flexibility index (Phi) is 5.08. The van der Waals surface area contributed by atoms with E-state index in [1.54, 1.807) is 6.07 Å². The van der Waals surface area contributed by atoms with Gasteiger partial charge < -0.3 is 5.32 Å². The van der Waals surface area contributed by atoms with Crippen molar-refractivity contribution in [3.8, 4) is 0 Å². The van der Waals surface area contributed by atoms with Crippen molar-refractivity contribution in [1.29, 1.82) is 0 Å². The van der Waals surface area contributed by atoms with Crippen molar-refractivity contribution in [2.45, 2.75) is 34.1 Å². The molecule has 0 spiro atoms. The molecule has 0 aliphatic heterocycles. The number of carbonyl (C=O) groups is 1. The zero-order valence-electron chi connectivity index (χ0n) is 11.4. The first-order chi connectivity index (χ1) is 8.39. The number of aromatic nitrogens is 2. The number of halogens is 1. The van der Waals surface area contributed by atoms with Crippen molar-refractivity contribution >= 4 is 17.5 Å². The average molecular weight is 270 g/mol. The van der Waals surface area contributed by atoms with E-state index in [-0.39, 0.29) is 11.3 Å². The van der Waals surface area contributed by atoms with Crippen LogP contribution in [0.4, 0.5) is 0 Å². The summed E-state index contributed by atoms with van der Waals surface area (Å²) in [6, 6.07) is 1.77. The van der Waals surface area contributed by atoms with Crippen molar-refractivity contribution in [1.82, 2.24) is 15.5 Å². The number of aryl methyl sites for hydroxylation is 2. The molecule has 0 fully saturated rings. The lowest BCUT2D eigenvalue weighted by atomic mass is 9.96. The van der Waals surface area contributed by atoms with Gasteiger partial charge in [-0.3, -0.25) is 4.79 Å². The third kappa shape index (κ3) is 3.95. The minimum absolute atomic E-state index is 0.108. The molecule has 0 aromatic carbocycles. The smallest absolute Gasteiger partial charge is 0.253 e. The Morgan fingerprint density at radius 1 is 1.44 bits per heavy atom. The molecule has 4 nitrogen and oxygen atoms in total. The molecule has 0 saturated carbocycles. The van der Waals surface area contributed by atoms with Gasteiger partial charge in [0, 0.05) is 12.4 Å². The topological polar surface area (TPSA) is 54.9 Å². The minimum Gasteiger partial charge on any atom is -0.351 e. The van der Waals surface area contributed by atoms with Crippen LogP contribution < -0.4 is 5.32 Å². The van der Waals surface area contributed by atoms with Crippen molar-refractivity contribution < 1.29 is 4.79 Å². The average Bonchev–Trinajstić information content (AvgIpc) is 2.36. The fourth-order valence-corrected chi connectivity index (χ4v) is 1.53. The monoisotopic (exact) mass is 269 g/mol. The normalized spacial score (nSPS) is 11.4. The van der Waals surface area contributed by atoms with Gasteiger partial charge in [-0.1, -0.05) is 20.8 Å². The number of alkyl halides is 1. The molecule has 0 aliphatic carbocycles. The summed E-state index contributed by atoms with van der Waals surface area (Å²) in [5.74, 6) is 0.393. The van der Waals surface area contributed by atoms with E-state index in [1.165, 1.54) is 0 Å². The highest BCUT2D eigenvalue weighted by Gasteiger charge is 2.19. The van der Waals surface area contributed by atoms with Crippen LogP contribution in [-0.2, 0) is 6.42 Å². The first-order valence-electron chi connectivity index (χ1n) is 6.07. The molecule has 0 unspecified atom stereocenters. The van der Waals surface area contributed by atoms with Crippen LogP contribution in [0.3, 0.4) is 0 Å². The highest BCUT2D eigenvalue weighted by Crippen LogP contribution is 2.16. The maximum absolute atomic E-state index is 12.1. The zero-order chi connectivity index (χ0) is 13.8. The highest BCUT2D eigenvalue weighted by molar-refractivity contribution is 6.18. The number of rotatable bonds is 5. The van der Waals surface area contributed by atoms with E-state index in [0.29, 0.717) is 24.4 Å². The Balaban J connectivity index is 2.81. The lowest BCUT2D eigenvalue weighted by molar-refractivity contribution is 0.0938. The van der Waals surface area contributed by atoms with Gasteiger partial charge in [-0.2, -0.15) is 10.2 Å². The molecule has 0 radical (unpaired) electrons. The van der Waals surface area contributed by atoms with Gasteiger partial charge in [0.25, 0.3) is 5.91 Å². The van der Waals surface area contributed by atoms with Crippen LogP contribution in [0.1, 0.15) is 42.5 Å². The minimum atomic E-state index is -0.112. The maximum atomic E-state index is 12.1. The van der Waals surface area contributed by atoms with E-state index < -0.39 is 0 Å². The van der Waals surface area contributed by atoms with Crippen molar-refractivity contribution in [3.63, 3.8) is 0 Å². The predicted octanol–water partition coefficient (Wildman–Crippen LogP) is 2.34. The second-order valence-corrected chi connectivity index (χ2v) is 5.45. The molecule has 100 valence electrons. The summed E-state index contributed by atoms with van der Waals surface area (Å²) in [7, 11) is 0. The van der Waals surface area contributed by atoms with Crippen LogP contribution in [0.5, 0.6) is 0 Å². The maximum Gasteiger partial charge on any atom is 0.253 e. The molecule has 1 heterocycles. The van der Waals surface area contributed by atoms with Crippen LogP contribution in [-0.4, -0.2) is 28.5 Å². The molecule has 0 saturated heterocycles. The van der Waals surface area contributed by atoms with Gasteiger partial charge in [-0.05, 0) is 24.8 Å². The van der Waals surface area contributed by atoms with Crippen LogP contribution >= 0.6 is 11.6 Å². The molecule has 5 heteroatoms. The lowest BCUT2D eigenvalue weighted by Crippen LogP contribution is -2.35. The van der Waals surface area contributed by atoms with Crippen LogP contribution in [0.15, 0.2) is 6.07 Å². The molecule has 1 rings (SSSR count). The number of carbonyl (C=O) groups excluding carboxylic acids is 1. The van der Waals surface area contributed by atoms with Gasteiger partial charge in [0.05, 0.1) is 17.0 Å². The van der Waals surface area contributed by atoms with Crippen molar-refractivity contribution in [3.05, 3.63) is 23.0 Å². The number of nitrogens with zero attached hydrogens (tertiary/aromatic N) is 2. The summed E-state index contributed by atoms with van der Waals surface area (Å²) in [5.41, 5.74) is 1.96. The summed E-state index contributed by atoms with van der Waals surface area (Å²) in [6.45, 7) is 8.35. The SMILES string of the molecule is CCc1nnc(C)cc1C(=O)NCC(C)(C)CCl. The third-order valence-electron chi connectivity index (χ3n) is 2.66. The number of hydrogen-bond acceptors (Lipinski definition) is 3. The Hall–Kier alpha value is -1.16. The van der Waals surface area contributed by atoms with E-state index in [0.717, 1.165) is 11.4 Å². The molecular weight excluding hydrogens is 250 g/mol. The summed E-state index contributed by atoms with van der Waals surface area (Å²) >= 11 is 5.83. The predicted molar refractivity (Wildman–Crippen MR) is 73.0 cm³/mol. The Morgan fingerprint density at radius 2 is 2.11 bits per heavy atom. The lowest BCUT2D eigenvalue weighted by Gasteiger charge is -2.21. The van der Waals surface area contributed by atoms with Gasteiger partial charge in [-0.25, -0.2) is 0 Å². The Bertz CT molecular complexity index is 432. The molecule has 1 aromatic heterocycles. The fourth-order valence-electron chi connectivity index (χ4n) is 1.43. The number of hydrogen-bond donors (Lipinski definition) is 1. The summed E-state index contributed by atoms with van der Waals surface area (Å²) in [6.07, 6.45) is 0.689. The van der Waals surface area contributed by atoms with E-state index in [2.05, 4.69) is 15.5 Å². The van der Waals surface area contributed by atoms with Crippen LogP contribution in [0.2, 0.25) is 0 Å². The first kappa shape index (κ1) is 14.9. The third-order valence-corrected chi connectivity index (χ3v) is 3.38. The Morgan fingerprint density at radius 3 is 2.67 bits per heavy atom. The molecule has 0 bridgehead atoms. The van der Waals surface area contributed by atoms with E-state index in [9.17, 15) is 4.79 Å². The van der Waals surface area contributed by atoms with Gasteiger partial charge in [0.1, 0.15) is 0 Å². The second kappa shape index (κ2) is 6.14. The molecule has 1 aromatic rings. The summed E-state index contributed by atoms with van der Waals surface area (Å²) in [4.78, 5) is 12.1. The van der Waals surface area contributed by atoms with E-state index in [1.807, 2.05) is 27.7 Å². The van der Waals surface area contributed by atoms with Gasteiger partial charge in [0.15, 0.2) is 0 Å². The van der Waals surface area contributed by atoms with Crippen LogP contribution in [0.25, 0.3) is 0 Å². The molecule has 1 amide bonds. The summed E-state index contributed by atoms with van der Waals surface area (Å²) < 4.78 is 0. The Labute approximate surface area is 113 Å². The van der Waals surface area contributed by atoms with Crippen molar-refractivity contribution in [2.75, 3.05) is 12.4 Å². The number of amides is 1. The standard InChI is InChI=1S/C13H20ClN3O/c1-5-11-10(6-9(2)16-17-11)12(18)15-8-13(3,4)7-14/h6H,5,7-8H2,1-4H3,(H,15,18). The van der Waals surface area contributed by atoms with Gasteiger partial charge in [-0.15, -0.1) is 11.6 Å². The zero-order valence-corrected chi connectivity index (χ0v) is 12.1. The van der Waals surface area contributed by atoms with Crippen molar-refractivity contribution in [2.24, 2.45) is 5.41 Å². The molecule has 1 N–H and O–H groups in total. The van der Waals surface area contributed by atoms with E-state index in [4.69, 9.17) is 11.6 Å². The second-order valence-electron chi connectivity index (χ2n) is 5.18. The fraction of sp³-hybridized carbons (Fsp3) is 0.615. The molecule has 18 heavy (non-hydrogen) atoms. The van der Waals surface area contributed by atoms with Crippen LogP contribution in [0, 0.1) is 12.3 Å². The van der Waals surface area contributed by atoms with Gasteiger partial charge >= 0.3 is 0 Å². The highest BCUT2D eigenvalue weighted by atomic mass is 35.5. The first-order valence-corrected chi connectivity index (χ1v) is 6.60. The molecule has 0 aliphatic rings. The quantitative estimate of drug-likeness (QED) is 0.835.